The second-order valence-corrected chi connectivity index (χ2v) is 7.76. The summed E-state index contributed by atoms with van der Waals surface area (Å²) in [6, 6.07) is 0. The lowest BCUT2D eigenvalue weighted by Gasteiger charge is -2.35. The van der Waals surface area contributed by atoms with Crippen molar-refractivity contribution in [2.75, 3.05) is 26.2 Å². The van der Waals surface area contributed by atoms with Crippen molar-refractivity contribution in [1.82, 2.24) is 10.2 Å². The Labute approximate surface area is 105 Å². The fourth-order valence-electron chi connectivity index (χ4n) is 2.93. The summed E-state index contributed by atoms with van der Waals surface area (Å²) in [5.74, 6) is 0. The first-order valence-corrected chi connectivity index (χ1v) is 8.41. The van der Waals surface area contributed by atoms with E-state index < -0.39 is 9.84 Å². The van der Waals surface area contributed by atoms with E-state index in [2.05, 4.69) is 10.2 Å². The number of sulfone groups is 1. The fraction of sp³-hybridized carbons (Fsp3) is 1.00. The van der Waals surface area contributed by atoms with Crippen LogP contribution in [0.15, 0.2) is 0 Å². The maximum Gasteiger partial charge on any atom is 0.168 e. The molecule has 5 heteroatoms. The molecule has 0 amide bonds. The van der Waals surface area contributed by atoms with E-state index in [4.69, 9.17) is 0 Å². The Balaban J connectivity index is 2.02. The number of hydrogen-bond acceptors (Lipinski definition) is 4. The van der Waals surface area contributed by atoms with Crippen LogP contribution in [0.4, 0.5) is 0 Å². The largest absolute Gasteiger partial charge is 0.314 e. The second kappa shape index (κ2) is 5.67. The highest BCUT2D eigenvalue weighted by molar-refractivity contribution is 7.92. The van der Waals surface area contributed by atoms with Gasteiger partial charge in [0.25, 0.3) is 0 Å². The molecule has 0 aromatic heterocycles. The number of piperazine rings is 1. The van der Waals surface area contributed by atoms with Crippen LogP contribution >= 0.6 is 0 Å². The van der Waals surface area contributed by atoms with E-state index in [-0.39, 0.29) is 10.6 Å². The molecule has 4 nitrogen and oxygen atoms in total. The maximum atomic E-state index is 12.5. The van der Waals surface area contributed by atoms with Gasteiger partial charge in [-0.15, -0.1) is 0 Å². The smallest absolute Gasteiger partial charge is 0.168 e. The molecule has 1 N–H and O–H groups in total. The molecule has 2 aliphatic rings. The minimum Gasteiger partial charge on any atom is -0.314 e. The molecule has 1 heterocycles. The van der Waals surface area contributed by atoms with E-state index >= 15 is 0 Å². The van der Waals surface area contributed by atoms with Crippen molar-refractivity contribution in [3.05, 3.63) is 0 Å². The standard InChI is InChI=1S/C12H24N2O2S/c1-11(14-9-7-13-8-10-14)17(15,16)12-5-3-2-4-6-12/h11-13H,2-10H2,1H3. The van der Waals surface area contributed by atoms with E-state index in [1.807, 2.05) is 6.92 Å². The predicted octanol–water partition coefficient (Wildman–Crippen LogP) is 0.985. The summed E-state index contributed by atoms with van der Waals surface area (Å²) < 4.78 is 25.0. The summed E-state index contributed by atoms with van der Waals surface area (Å²) in [6.45, 7) is 5.39. The minimum absolute atomic E-state index is 0.0823. The van der Waals surface area contributed by atoms with Crippen molar-refractivity contribution in [2.45, 2.75) is 49.7 Å². The molecule has 1 saturated heterocycles. The zero-order valence-corrected chi connectivity index (χ0v) is 11.5. The molecule has 17 heavy (non-hydrogen) atoms. The molecule has 1 atom stereocenters. The van der Waals surface area contributed by atoms with Gasteiger partial charge < -0.3 is 5.32 Å². The van der Waals surface area contributed by atoms with Crippen molar-refractivity contribution in [2.24, 2.45) is 0 Å². The third kappa shape index (κ3) is 3.01. The van der Waals surface area contributed by atoms with Crippen molar-refractivity contribution in [1.29, 1.82) is 0 Å². The third-order valence-electron chi connectivity index (χ3n) is 4.16. The molecule has 0 bridgehead atoms. The summed E-state index contributed by atoms with van der Waals surface area (Å²) >= 11 is 0. The fourth-order valence-corrected chi connectivity index (χ4v) is 5.10. The highest BCUT2D eigenvalue weighted by Gasteiger charge is 2.35. The van der Waals surface area contributed by atoms with Crippen LogP contribution in [-0.4, -0.2) is 50.1 Å². The zero-order chi connectivity index (χ0) is 12.3. The topological polar surface area (TPSA) is 49.4 Å². The summed E-state index contributed by atoms with van der Waals surface area (Å²) in [4.78, 5) is 2.11. The molecular formula is C12H24N2O2S. The second-order valence-electron chi connectivity index (χ2n) is 5.23. The van der Waals surface area contributed by atoms with E-state index in [9.17, 15) is 8.42 Å². The summed E-state index contributed by atoms with van der Waals surface area (Å²) in [5, 5.41) is 2.88. The molecule has 1 aliphatic carbocycles. The molecule has 0 radical (unpaired) electrons. The minimum atomic E-state index is -2.96. The van der Waals surface area contributed by atoms with Crippen LogP contribution in [0.1, 0.15) is 39.0 Å². The van der Waals surface area contributed by atoms with Gasteiger partial charge in [-0.1, -0.05) is 19.3 Å². The van der Waals surface area contributed by atoms with Gasteiger partial charge in [0, 0.05) is 26.2 Å². The van der Waals surface area contributed by atoms with E-state index in [1.54, 1.807) is 0 Å². The molecule has 1 saturated carbocycles. The van der Waals surface area contributed by atoms with Crippen LogP contribution in [0.5, 0.6) is 0 Å². The molecule has 0 aromatic carbocycles. The lowest BCUT2D eigenvalue weighted by atomic mass is 10.0. The SMILES string of the molecule is CC(N1CCNCC1)S(=O)(=O)C1CCCCC1. The van der Waals surface area contributed by atoms with Gasteiger partial charge in [-0.3, -0.25) is 4.90 Å². The van der Waals surface area contributed by atoms with Gasteiger partial charge in [0.05, 0.1) is 5.25 Å². The predicted molar refractivity (Wildman–Crippen MR) is 69.7 cm³/mol. The Kier molecular flexibility index (Phi) is 4.44. The van der Waals surface area contributed by atoms with Crippen LogP contribution in [0.3, 0.4) is 0 Å². The summed E-state index contributed by atoms with van der Waals surface area (Å²) in [6.07, 6.45) is 5.11. The van der Waals surface area contributed by atoms with Gasteiger partial charge in [0.15, 0.2) is 9.84 Å². The average Bonchev–Trinajstić information content (AvgIpc) is 2.40. The Morgan fingerprint density at radius 3 is 2.29 bits per heavy atom. The van der Waals surface area contributed by atoms with E-state index in [0.29, 0.717) is 0 Å². The van der Waals surface area contributed by atoms with Gasteiger partial charge >= 0.3 is 0 Å². The Morgan fingerprint density at radius 1 is 1.12 bits per heavy atom. The molecule has 2 fully saturated rings. The highest BCUT2D eigenvalue weighted by Crippen LogP contribution is 2.27. The lowest BCUT2D eigenvalue weighted by molar-refractivity contribution is 0.225. The average molecular weight is 260 g/mol. The monoisotopic (exact) mass is 260 g/mol. The van der Waals surface area contributed by atoms with Crippen molar-refractivity contribution >= 4 is 9.84 Å². The van der Waals surface area contributed by atoms with Gasteiger partial charge in [0.2, 0.25) is 0 Å². The van der Waals surface area contributed by atoms with Crippen molar-refractivity contribution in [3.63, 3.8) is 0 Å². The van der Waals surface area contributed by atoms with Crippen LogP contribution in [0, 0.1) is 0 Å². The highest BCUT2D eigenvalue weighted by atomic mass is 32.2. The molecule has 1 aliphatic heterocycles. The first-order valence-electron chi connectivity index (χ1n) is 6.80. The number of hydrogen-bond donors (Lipinski definition) is 1. The quantitative estimate of drug-likeness (QED) is 0.822. The Morgan fingerprint density at radius 2 is 1.71 bits per heavy atom. The summed E-state index contributed by atoms with van der Waals surface area (Å²) in [5.41, 5.74) is 0. The van der Waals surface area contributed by atoms with Crippen LogP contribution in [0.25, 0.3) is 0 Å². The first kappa shape index (κ1) is 13.3. The molecule has 0 aromatic rings. The van der Waals surface area contributed by atoms with E-state index in [1.165, 1.54) is 6.42 Å². The Bertz CT molecular complexity index is 330. The zero-order valence-electron chi connectivity index (χ0n) is 10.7. The van der Waals surface area contributed by atoms with Crippen LogP contribution < -0.4 is 5.32 Å². The van der Waals surface area contributed by atoms with E-state index in [0.717, 1.165) is 51.9 Å². The van der Waals surface area contributed by atoms with Gasteiger partial charge in [-0.05, 0) is 19.8 Å². The van der Waals surface area contributed by atoms with Gasteiger partial charge in [-0.2, -0.15) is 0 Å². The molecule has 100 valence electrons. The molecule has 2 rings (SSSR count). The number of rotatable bonds is 3. The molecule has 0 spiro atoms. The van der Waals surface area contributed by atoms with Gasteiger partial charge in [0.1, 0.15) is 5.37 Å². The first-order chi connectivity index (χ1) is 8.12. The summed E-state index contributed by atoms with van der Waals surface area (Å²) in [7, 11) is -2.96. The Hall–Kier alpha value is -0.130. The normalized spacial score (nSPS) is 26.9. The third-order valence-corrected chi connectivity index (χ3v) is 6.81. The van der Waals surface area contributed by atoms with Crippen molar-refractivity contribution in [3.8, 4) is 0 Å². The van der Waals surface area contributed by atoms with Crippen LogP contribution in [-0.2, 0) is 9.84 Å². The molecule has 1 unspecified atom stereocenters. The number of nitrogens with one attached hydrogen (secondary N) is 1. The van der Waals surface area contributed by atoms with Crippen LogP contribution in [0.2, 0.25) is 0 Å². The van der Waals surface area contributed by atoms with Crippen molar-refractivity contribution < 1.29 is 8.42 Å². The lowest BCUT2D eigenvalue weighted by Crippen LogP contribution is -2.51. The number of nitrogens with zero attached hydrogens (tertiary/aromatic N) is 1. The molecular weight excluding hydrogens is 236 g/mol. The maximum absolute atomic E-state index is 12.5. The van der Waals surface area contributed by atoms with Gasteiger partial charge in [-0.25, -0.2) is 8.42 Å².